The number of nitrogens with one attached hydrogen (secondary N) is 1. The van der Waals surface area contributed by atoms with Crippen LogP contribution in [0, 0.1) is 0 Å². The molecule has 7 nitrogen and oxygen atoms in total. The maximum absolute atomic E-state index is 11.5. The van der Waals surface area contributed by atoms with Crippen molar-refractivity contribution in [2.75, 3.05) is 20.3 Å². The summed E-state index contributed by atoms with van der Waals surface area (Å²) in [5.74, 6) is -1.35. The molecule has 0 saturated heterocycles. The highest BCUT2D eigenvalue weighted by molar-refractivity contribution is 7.90. The molecule has 0 aromatic rings. The molecule has 0 aromatic heterocycles. The SMILES string of the molecule is CCOC(=O)CCNS(=O)(=O)C(C)C(=O)OC. The number of hydrogen-bond donors (Lipinski definition) is 1. The van der Waals surface area contributed by atoms with Crippen LogP contribution in [0.3, 0.4) is 0 Å². The molecule has 0 rings (SSSR count). The summed E-state index contributed by atoms with van der Waals surface area (Å²) in [5, 5.41) is -1.31. The van der Waals surface area contributed by atoms with Crippen LogP contribution >= 0.6 is 0 Å². The maximum Gasteiger partial charge on any atom is 0.325 e. The van der Waals surface area contributed by atoms with E-state index >= 15 is 0 Å². The first kappa shape index (κ1) is 15.9. The lowest BCUT2D eigenvalue weighted by atomic mass is 10.4. The van der Waals surface area contributed by atoms with Gasteiger partial charge in [0.2, 0.25) is 10.0 Å². The largest absolute Gasteiger partial charge is 0.468 e. The number of methoxy groups -OCH3 is 1. The Morgan fingerprint density at radius 3 is 2.41 bits per heavy atom. The van der Waals surface area contributed by atoms with Crippen LogP contribution in [0.4, 0.5) is 0 Å². The lowest BCUT2D eigenvalue weighted by molar-refractivity contribution is -0.143. The van der Waals surface area contributed by atoms with Crippen LogP contribution in [0.1, 0.15) is 20.3 Å². The van der Waals surface area contributed by atoms with Gasteiger partial charge in [0.1, 0.15) is 0 Å². The molecule has 0 spiro atoms. The zero-order chi connectivity index (χ0) is 13.5. The van der Waals surface area contributed by atoms with E-state index in [9.17, 15) is 18.0 Å². The molecule has 100 valence electrons. The summed E-state index contributed by atoms with van der Waals surface area (Å²) in [6.45, 7) is 2.99. The normalized spacial score (nSPS) is 12.9. The monoisotopic (exact) mass is 267 g/mol. The fourth-order valence-corrected chi connectivity index (χ4v) is 1.93. The fraction of sp³-hybridized carbons (Fsp3) is 0.778. The zero-order valence-electron chi connectivity index (χ0n) is 10.1. The van der Waals surface area contributed by atoms with E-state index in [1.54, 1.807) is 6.92 Å². The van der Waals surface area contributed by atoms with Gasteiger partial charge in [-0.3, -0.25) is 9.59 Å². The molecule has 1 N–H and O–H groups in total. The first-order valence-corrected chi connectivity index (χ1v) is 6.61. The van der Waals surface area contributed by atoms with Crippen molar-refractivity contribution in [1.82, 2.24) is 4.72 Å². The van der Waals surface area contributed by atoms with Crippen molar-refractivity contribution in [3.8, 4) is 0 Å². The van der Waals surface area contributed by atoms with Crippen LogP contribution in [-0.4, -0.2) is 45.9 Å². The molecule has 0 aromatic carbocycles. The van der Waals surface area contributed by atoms with Crippen LogP contribution in [0.15, 0.2) is 0 Å². The average molecular weight is 267 g/mol. The molecule has 0 aliphatic carbocycles. The van der Waals surface area contributed by atoms with Gasteiger partial charge in [0.05, 0.1) is 20.1 Å². The highest BCUT2D eigenvalue weighted by Crippen LogP contribution is 2.00. The molecular weight excluding hydrogens is 250 g/mol. The highest BCUT2D eigenvalue weighted by Gasteiger charge is 2.28. The molecule has 0 aliphatic heterocycles. The third kappa shape index (κ3) is 5.64. The zero-order valence-corrected chi connectivity index (χ0v) is 10.9. The predicted molar refractivity (Wildman–Crippen MR) is 59.7 cm³/mol. The van der Waals surface area contributed by atoms with Crippen LogP contribution in [0.5, 0.6) is 0 Å². The summed E-state index contributed by atoms with van der Waals surface area (Å²) < 4.78 is 34.1. The summed E-state index contributed by atoms with van der Waals surface area (Å²) in [6.07, 6.45) is -0.0824. The number of hydrogen-bond acceptors (Lipinski definition) is 6. The van der Waals surface area contributed by atoms with Gasteiger partial charge >= 0.3 is 11.9 Å². The first-order chi connectivity index (χ1) is 7.85. The van der Waals surface area contributed by atoms with Gasteiger partial charge in [-0.25, -0.2) is 13.1 Å². The van der Waals surface area contributed by atoms with Crippen molar-refractivity contribution >= 4 is 22.0 Å². The highest BCUT2D eigenvalue weighted by atomic mass is 32.2. The molecule has 0 aliphatic rings. The van der Waals surface area contributed by atoms with Gasteiger partial charge in [-0.1, -0.05) is 0 Å². The van der Waals surface area contributed by atoms with Gasteiger partial charge in [0.15, 0.2) is 5.25 Å². The Balaban J connectivity index is 4.19. The average Bonchev–Trinajstić information content (AvgIpc) is 2.27. The Labute approximate surface area is 101 Å². The van der Waals surface area contributed by atoms with Crippen LogP contribution in [0.2, 0.25) is 0 Å². The van der Waals surface area contributed by atoms with Crippen molar-refractivity contribution in [2.45, 2.75) is 25.5 Å². The van der Waals surface area contributed by atoms with Crippen LogP contribution in [-0.2, 0) is 29.1 Å². The second kappa shape index (κ2) is 7.23. The fourth-order valence-electron chi connectivity index (χ4n) is 0.946. The van der Waals surface area contributed by atoms with Gasteiger partial charge in [0, 0.05) is 6.54 Å². The summed E-state index contributed by atoms with van der Waals surface area (Å²) in [7, 11) is -2.71. The van der Waals surface area contributed by atoms with E-state index in [-0.39, 0.29) is 19.6 Å². The topological polar surface area (TPSA) is 98.8 Å². The maximum atomic E-state index is 11.5. The molecule has 0 saturated carbocycles. The van der Waals surface area contributed by atoms with Crippen LogP contribution in [0.25, 0.3) is 0 Å². The number of rotatable bonds is 7. The van der Waals surface area contributed by atoms with Crippen molar-refractivity contribution in [3.05, 3.63) is 0 Å². The molecule has 0 radical (unpaired) electrons. The number of sulfonamides is 1. The van der Waals surface area contributed by atoms with Gasteiger partial charge in [-0.05, 0) is 13.8 Å². The Morgan fingerprint density at radius 2 is 1.94 bits per heavy atom. The van der Waals surface area contributed by atoms with E-state index < -0.39 is 27.2 Å². The number of carbonyl (C=O) groups is 2. The summed E-state index contributed by atoms with van der Waals surface area (Å²) in [6, 6.07) is 0. The summed E-state index contributed by atoms with van der Waals surface area (Å²) >= 11 is 0. The van der Waals surface area contributed by atoms with E-state index in [0.29, 0.717) is 0 Å². The molecule has 17 heavy (non-hydrogen) atoms. The van der Waals surface area contributed by atoms with Gasteiger partial charge < -0.3 is 9.47 Å². The van der Waals surface area contributed by atoms with Crippen molar-refractivity contribution in [1.29, 1.82) is 0 Å². The minimum Gasteiger partial charge on any atom is -0.468 e. The molecule has 0 heterocycles. The number of carbonyl (C=O) groups excluding carboxylic acids is 2. The van der Waals surface area contributed by atoms with Gasteiger partial charge in [-0.15, -0.1) is 0 Å². The number of esters is 2. The molecule has 0 amide bonds. The Kier molecular flexibility index (Phi) is 6.74. The van der Waals surface area contributed by atoms with E-state index in [1.165, 1.54) is 6.92 Å². The quantitative estimate of drug-likeness (QED) is 0.620. The van der Waals surface area contributed by atoms with E-state index in [4.69, 9.17) is 0 Å². The van der Waals surface area contributed by atoms with Gasteiger partial charge in [0.25, 0.3) is 0 Å². The van der Waals surface area contributed by atoms with Crippen molar-refractivity contribution in [3.63, 3.8) is 0 Å². The second-order valence-corrected chi connectivity index (χ2v) is 5.25. The second-order valence-electron chi connectivity index (χ2n) is 3.16. The van der Waals surface area contributed by atoms with Gasteiger partial charge in [-0.2, -0.15) is 0 Å². The van der Waals surface area contributed by atoms with Crippen LogP contribution < -0.4 is 4.72 Å². The smallest absolute Gasteiger partial charge is 0.325 e. The summed E-state index contributed by atoms with van der Waals surface area (Å²) in [4.78, 5) is 22.0. The third-order valence-electron chi connectivity index (χ3n) is 1.94. The Morgan fingerprint density at radius 1 is 1.35 bits per heavy atom. The molecule has 0 bridgehead atoms. The lowest BCUT2D eigenvalue weighted by Crippen LogP contribution is -2.39. The van der Waals surface area contributed by atoms with Crippen molar-refractivity contribution in [2.24, 2.45) is 0 Å². The minimum absolute atomic E-state index is 0.0824. The standard InChI is InChI=1S/C9H17NO6S/c1-4-16-8(11)5-6-10-17(13,14)7(2)9(12)15-3/h7,10H,4-6H2,1-3H3. The molecule has 8 heteroatoms. The number of ether oxygens (including phenoxy) is 2. The van der Waals surface area contributed by atoms with Crippen molar-refractivity contribution < 1.29 is 27.5 Å². The molecular formula is C9H17NO6S. The summed E-state index contributed by atoms with van der Waals surface area (Å²) in [5.41, 5.74) is 0. The molecule has 1 atom stereocenters. The third-order valence-corrected chi connectivity index (χ3v) is 3.67. The van der Waals surface area contributed by atoms with E-state index in [1.807, 2.05) is 0 Å². The molecule has 0 fully saturated rings. The van der Waals surface area contributed by atoms with E-state index in [0.717, 1.165) is 7.11 Å². The first-order valence-electron chi connectivity index (χ1n) is 5.07. The van der Waals surface area contributed by atoms with E-state index in [2.05, 4.69) is 14.2 Å². The minimum atomic E-state index is -3.81. The lowest BCUT2D eigenvalue weighted by Gasteiger charge is -2.11. The predicted octanol–water partition coefficient (Wildman–Crippen LogP) is -0.579. The Bertz CT molecular complexity index is 364. The Hall–Kier alpha value is -1.15. The molecule has 1 unspecified atom stereocenters.